The SMILES string of the molecule is NCC1CCCCC1CNC(=O)c1cc(F)c(F)c(F)c1. The van der Waals surface area contributed by atoms with E-state index in [1.807, 2.05) is 0 Å². The van der Waals surface area contributed by atoms with E-state index >= 15 is 0 Å². The lowest BCUT2D eigenvalue weighted by atomic mass is 9.79. The minimum absolute atomic E-state index is 0.216. The van der Waals surface area contributed by atoms with Gasteiger partial charge in [0.1, 0.15) is 0 Å². The Morgan fingerprint density at radius 1 is 1.14 bits per heavy atom. The number of nitrogens with one attached hydrogen (secondary N) is 1. The molecule has 2 unspecified atom stereocenters. The lowest BCUT2D eigenvalue weighted by Crippen LogP contribution is -2.37. The highest BCUT2D eigenvalue weighted by atomic mass is 19.2. The van der Waals surface area contributed by atoms with Crippen molar-refractivity contribution in [2.24, 2.45) is 17.6 Å². The zero-order chi connectivity index (χ0) is 15.4. The van der Waals surface area contributed by atoms with Gasteiger partial charge in [-0.2, -0.15) is 0 Å². The largest absolute Gasteiger partial charge is 0.352 e. The van der Waals surface area contributed by atoms with Crippen LogP contribution in [0.2, 0.25) is 0 Å². The van der Waals surface area contributed by atoms with Crippen LogP contribution in [0.15, 0.2) is 12.1 Å². The molecule has 21 heavy (non-hydrogen) atoms. The average molecular weight is 300 g/mol. The average Bonchev–Trinajstić information content (AvgIpc) is 2.49. The van der Waals surface area contributed by atoms with Gasteiger partial charge in [-0.3, -0.25) is 4.79 Å². The first-order chi connectivity index (χ1) is 10.0. The van der Waals surface area contributed by atoms with Gasteiger partial charge in [-0.15, -0.1) is 0 Å². The van der Waals surface area contributed by atoms with Crippen LogP contribution in [0.3, 0.4) is 0 Å². The molecule has 1 aromatic carbocycles. The van der Waals surface area contributed by atoms with E-state index in [2.05, 4.69) is 5.32 Å². The third-order valence-corrected chi connectivity index (χ3v) is 4.14. The van der Waals surface area contributed by atoms with Crippen molar-refractivity contribution >= 4 is 5.91 Å². The Kier molecular flexibility index (Phi) is 5.22. The predicted molar refractivity (Wildman–Crippen MR) is 73.2 cm³/mol. The van der Waals surface area contributed by atoms with E-state index in [1.165, 1.54) is 0 Å². The van der Waals surface area contributed by atoms with Crippen molar-refractivity contribution in [3.63, 3.8) is 0 Å². The molecule has 3 nitrogen and oxygen atoms in total. The fourth-order valence-electron chi connectivity index (χ4n) is 2.88. The number of carbonyl (C=O) groups excluding carboxylic acids is 1. The van der Waals surface area contributed by atoms with Gasteiger partial charge in [0, 0.05) is 12.1 Å². The topological polar surface area (TPSA) is 55.1 Å². The van der Waals surface area contributed by atoms with Gasteiger partial charge in [-0.1, -0.05) is 12.8 Å². The lowest BCUT2D eigenvalue weighted by Gasteiger charge is -2.30. The van der Waals surface area contributed by atoms with Gasteiger partial charge < -0.3 is 11.1 Å². The highest BCUT2D eigenvalue weighted by Gasteiger charge is 2.24. The van der Waals surface area contributed by atoms with Gasteiger partial charge >= 0.3 is 0 Å². The molecule has 1 aliphatic carbocycles. The van der Waals surface area contributed by atoms with Crippen molar-refractivity contribution in [1.29, 1.82) is 0 Å². The zero-order valence-corrected chi connectivity index (χ0v) is 11.7. The molecule has 0 heterocycles. The van der Waals surface area contributed by atoms with Gasteiger partial charge in [0.15, 0.2) is 17.5 Å². The predicted octanol–water partition coefficient (Wildman–Crippen LogP) is 2.60. The van der Waals surface area contributed by atoms with Crippen molar-refractivity contribution in [3.8, 4) is 0 Å². The summed E-state index contributed by atoms with van der Waals surface area (Å²) in [6.45, 7) is 0.988. The van der Waals surface area contributed by atoms with E-state index in [-0.39, 0.29) is 11.5 Å². The minimum Gasteiger partial charge on any atom is -0.352 e. The van der Waals surface area contributed by atoms with Crippen molar-refractivity contribution in [1.82, 2.24) is 5.32 Å². The number of hydrogen-bond acceptors (Lipinski definition) is 2. The Morgan fingerprint density at radius 3 is 2.29 bits per heavy atom. The first-order valence-corrected chi connectivity index (χ1v) is 7.15. The summed E-state index contributed by atoms with van der Waals surface area (Å²) in [4.78, 5) is 11.9. The monoisotopic (exact) mass is 300 g/mol. The van der Waals surface area contributed by atoms with E-state index in [0.717, 1.165) is 25.7 Å². The van der Waals surface area contributed by atoms with Crippen LogP contribution < -0.4 is 11.1 Å². The lowest BCUT2D eigenvalue weighted by molar-refractivity contribution is 0.0934. The molecule has 0 saturated heterocycles. The van der Waals surface area contributed by atoms with Crippen LogP contribution in [0.5, 0.6) is 0 Å². The number of carbonyl (C=O) groups is 1. The highest BCUT2D eigenvalue weighted by molar-refractivity contribution is 5.94. The summed E-state index contributed by atoms with van der Waals surface area (Å²) in [5.41, 5.74) is 5.50. The molecule has 1 fully saturated rings. The molecule has 0 aliphatic heterocycles. The Hall–Kier alpha value is -1.56. The maximum atomic E-state index is 13.1. The summed E-state index contributed by atoms with van der Waals surface area (Å²) >= 11 is 0. The first kappa shape index (κ1) is 15.8. The van der Waals surface area contributed by atoms with E-state index in [0.29, 0.717) is 31.1 Å². The molecule has 1 aromatic rings. The second-order valence-electron chi connectivity index (χ2n) is 5.50. The highest BCUT2D eigenvalue weighted by Crippen LogP contribution is 2.28. The Morgan fingerprint density at radius 2 is 1.71 bits per heavy atom. The normalized spacial score (nSPS) is 22.1. The number of nitrogens with two attached hydrogens (primary N) is 1. The Labute approximate surface area is 121 Å². The summed E-state index contributed by atoms with van der Waals surface area (Å²) in [6.07, 6.45) is 4.25. The van der Waals surface area contributed by atoms with Gasteiger partial charge in [0.05, 0.1) is 0 Å². The van der Waals surface area contributed by atoms with E-state index in [9.17, 15) is 18.0 Å². The number of halogens is 3. The van der Waals surface area contributed by atoms with Crippen LogP contribution in [0, 0.1) is 29.3 Å². The summed E-state index contributed by atoms with van der Waals surface area (Å²) in [5.74, 6) is -4.25. The molecular weight excluding hydrogens is 281 g/mol. The second-order valence-corrected chi connectivity index (χ2v) is 5.50. The summed E-state index contributed by atoms with van der Waals surface area (Å²) < 4.78 is 39.1. The van der Waals surface area contributed by atoms with Crippen LogP contribution in [-0.4, -0.2) is 19.0 Å². The van der Waals surface area contributed by atoms with E-state index < -0.39 is 23.4 Å². The fraction of sp³-hybridized carbons (Fsp3) is 0.533. The zero-order valence-electron chi connectivity index (χ0n) is 11.7. The summed E-state index contributed by atoms with van der Waals surface area (Å²) in [5, 5.41) is 2.66. The third kappa shape index (κ3) is 3.75. The van der Waals surface area contributed by atoms with Gasteiger partial charge in [0.2, 0.25) is 0 Å². The summed E-state index contributed by atoms with van der Waals surface area (Å²) in [7, 11) is 0. The first-order valence-electron chi connectivity index (χ1n) is 7.15. The Balaban J connectivity index is 1.98. The molecule has 0 aromatic heterocycles. The maximum Gasteiger partial charge on any atom is 0.251 e. The molecule has 1 amide bonds. The van der Waals surface area contributed by atoms with Crippen molar-refractivity contribution < 1.29 is 18.0 Å². The van der Waals surface area contributed by atoms with Crippen LogP contribution >= 0.6 is 0 Å². The molecule has 2 atom stereocenters. The van der Waals surface area contributed by atoms with E-state index in [1.54, 1.807) is 0 Å². The summed E-state index contributed by atoms with van der Waals surface area (Å²) in [6, 6.07) is 1.41. The minimum atomic E-state index is -1.57. The Bertz CT molecular complexity index is 499. The molecule has 6 heteroatoms. The van der Waals surface area contributed by atoms with Gasteiger partial charge in [-0.05, 0) is 43.4 Å². The van der Waals surface area contributed by atoms with Gasteiger partial charge in [0.25, 0.3) is 5.91 Å². The maximum absolute atomic E-state index is 13.1. The molecule has 1 aliphatic rings. The van der Waals surface area contributed by atoms with E-state index in [4.69, 9.17) is 5.73 Å². The standard InChI is InChI=1S/C15H19F3N2O/c16-12-5-11(6-13(17)14(12)18)15(21)20-8-10-4-2-1-3-9(10)7-19/h5-6,9-10H,1-4,7-8,19H2,(H,20,21). The van der Waals surface area contributed by atoms with Crippen molar-refractivity contribution in [2.45, 2.75) is 25.7 Å². The number of amides is 1. The fourth-order valence-corrected chi connectivity index (χ4v) is 2.88. The molecule has 0 bridgehead atoms. The molecule has 0 spiro atoms. The molecule has 0 radical (unpaired) electrons. The smallest absolute Gasteiger partial charge is 0.251 e. The second kappa shape index (κ2) is 6.93. The molecule has 116 valence electrons. The molecule has 1 saturated carbocycles. The molecule has 2 rings (SSSR count). The van der Waals surface area contributed by atoms with Crippen LogP contribution in [0.25, 0.3) is 0 Å². The molecule has 3 N–H and O–H groups in total. The van der Waals surface area contributed by atoms with Crippen LogP contribution in [0.1, 0.15) is 36.0 Å². The van der Waals surface area contributed by atoms with Crippen molar-refractivity contribution in [3.05, 3.63) is 35.1 Å². The van der Waals surface area contributed by atoms with Gasteiger partial charge in [-0.25, -0.2) is 13.2 Å². The number of rotatable bonds is 4. The van der Waals surface area contributed by atoms with Crippen LogP contribution in [0.4, 0.5) is 13.2 Å². The number of hydrogen-bond donors (Lipinski definition) is 2. The van der Waals surface area contributed by atoms with Crippen molar-refractivity contribution in [2.75, 3.05) is 13.1 Å². The third-order valence-electron chi connectivity index (χ3n) is 4.14. The van der Waals surface area contributed by atoms with Crippen LogP contribution in [-0.2, 0) is 0 Å². The number of benzene rings is 1. The quantitative estimate of drug-likeness (QED) is 0.840. The molecular formula is C15H19F3N2O.